The van der Waals surface area contributed by atoms with Crippen LogP contribution in [0.2, 0.25) is 4.34 Å². The van der Waals surface area contributed by atoms with Crippen molar-refractivity contribution >= 4 is 34.5 Å². The highest BCUT2D eigenvalue weighted by molar-refractivity contribution is 7.16. The normalized spacial score (nSPS) is 12.6. The van der Waals surface area contributed by atoms with Crippen LogP contribution < -0.4 is 0 Å². The number of alkyl halides is 1. The van der Waals surface area contributed by atoms with Crippen molar-refractivity contribution in [1.29, 1.82) is 0 Å². The predicted octanol–water partition coefficient (Wildman–Crippen LogP) is 4.92. The van der Waals surface area contributed by atoms with Gasteiger partial charge < -0.3 is 4.74 Å². The third kappa shape index (κ3) is 3.48. The van der Waals surface area contributed by atoms with Crippen molar-refractivity contribution in [3.8, 4) is 0 Å². The average molecular weight is 301 g/mol. The summed E-state index contributed by atoms with van der Waals surface area (Å²) in [6.45, 7) is 0.740. The van der Waals surface area contributed by atoms with Crippen LogP contribution in [0.1, 0.15) is 21.4 Å². The van der Waals surface area contributed by atoms with E-state index in [0.717, 1.165) is 27.8 Å². The molecule has 0 amide bonds. The number of halogens is 2. The van der Waals surface area contributed by atoms with Gasteiger partial charge in [0.25, 0.3) is 0 Å². The smallest absolute Gasteiger partial charge is 0.0931 e. The zero-order valence-electron chi connectivity index (χ0n) is 10.0. The summed E-state index contributed by atoms with van der Waals surface area (Å²) in [7, 11) is 1.71. The molecule has 1 aromatic carbocycles. The molecule has 0 saturated carbocycles. The standard InChI is InChI=1S/C14H14Cl2OS/c1-17-9-8-10-2-4-11(5-3-10)14(16)12-6-7-13(15)18-12/h2-7,14H,8-9H2,1H3. The zero-order valence-corrected chi connectivity index (χ0v) is 12.4. The maximum atomic E-state index is 6.43. The van der Waals surface area contributed by atoms with E-state index in [1.807, 2.05) is 12.1 Å². The molecule has 1 nitrogen and oxygen atoms in total. The average Bonchev–Trinajstić information content (AvgIpc) is 2.83. The molecule has 18 heavy (non-hydrogen) atoms. The molecule has 0 radical (unpaired) electrons. The first-order valence-corrected chi connectivity index (χ1v) is 7.31. The van der Waals surface area contributed by atoms with E-state index in [4.69, 9.17) is 27.9 Å². The number of benzene rings is 1. The fourth-order valence-corrected chi connectivity index (χ4v) is 3.12. The van der Waals surface area contributed by atoms with Crippen LogP contribution in [0.5, 0.6) is 0 Å². The summed E-state index contributed by atoms with van der Waals surface area (Å²) < 4.78 is 5.83. The highest BCUT2D eigenvalue weighted by Crippen LogP contribution is 2.35. The van der Waals surface area contributed by atoms with E-state index in [2.05, 4.69) is 24.3 Å². The number of ether oxygens (including phenoxy) is 1. The van der Waals surface area contributed by atoms with Gasteiger partial charge in [-0.3, -0.25) is 0 Å². The Labute approximate surface area is 121 Å². The van der Waals surface area contributed by atoms with Crippen molar-refractivity contribution in [2.24, 2.45) is 0 Å². The van der Waals surface area contributed by atoms with Gasteiger partial charge in [0, 0.05) is 12.0 Å². The van der Waals surface area contributed by atoms with Gasteiger partial charge in [0.2, 0.25) is 0 Å². The maximum Gasteiger partial charge on any atom is 0.0931 e. The van der Waals surface area contributed by atoms with Crippen LogP contribution in [0, 0.1) is 0 Å². The molecule has 96 valence electrons. The van der Waals surface area contributed by atoms with Crippen LogP contribution in [-0.2, 0) is 11.2 Å². The Morgan fingerprint density at radius 2 is 1.89 bits per heavy atom. The molecule has 0 spiro atoms. The quantitative estimate of drug-likeness (QED) is 0.712. The molecular weight excluding hydrogens is 287 g/mol. The summed E-state index contributed by atoms with van der Waals surface area (Å²) >= 11 is 13.9. The van der Waals surface area contributed by atoms with E-state index in [0.29, 0.717) is 0 Å². The first-order chi connectivity index (χ1) is 8.70. The molecule has 0 fully saturated rings. The minimum absolute atomic E-state index is 0.126. The Balaban J connectivity index is 2.09. The molecule has 0 aliphatic carbocycles. The van der Waals surface area contributed by atoms with Crippen LogP contribution in [0.15, 0.2) is 36.4 Å². The van der Waals surface area contributed by atoms with E-state index in [1.165, 1.54) is 16.9 Å². The van der Waals surface area contributed by atoms with Crippen molar-refractivity contribution in [2.75, 3.05) is 13.7 Å². The molecule has 1 heterocycles. The fourth-order valence-electron chi connectivity index (χ4n) is 1.70. The summed E-state index contributed by atoms with van der Waals surface area (Å²) in [6, 6.07) is 12.2. The Morgan fingerprint density at radius 1 is 1.17 bits per heavy atom. The maximum absolute atomic E-state index is 6.43. The van der Waals surface area contributed by atoms with E-state index in [-0.39, 0.29) is 5.38 Å². The largest absolute Gasteiger partial charge is 0.384 e. The first kappa shape index (κ1) is 13.9. The lowest BCUT2D eigenvalue weighted by molar-refractivity contribution is 0.202. The lowest BCUT2D eigenvalue weighted by Crippen LogP contribution is -1.95. The molecule has 1 aromatic heterocycles. The van der Waals surface area contributed by atoms with Crippen molar-refractivity contribution in [1.82, 2.24) is 0 Å². The van der Waals surface area contributed by atoms with Crippen LogP contribution in [0.25, 0.3) is 0 Å². The monoisotopic (exact) mass is 300 g/mol. The highest BCUT2D eigenvalue weighted by atomic mass is 35.5. The molecule has 1 atom stereocenters. The second kappa shape index (κ2) is 6.58. The number of hydrogen-bond acceptors (Lipinski definition) is 2. The molecule has 4 heteroatoms. The van der Waals surface area contributed by atoms with Gasteiger partial charge in [0.1, 0.15) is 0 Å². The lowest BCUT2D eigenvalue weighted by atomic mass is 10.1. The Hall–Kier alpha value is -0.540. The lowest BCUT2D eigenvalue weighted by Gasteiger charge is -2.08. The van der Waals surface area contributed by atoms with E-state index >= 15 is 0 Å². The van der Waals surface area contributed by atoms with Gasteiger partial charge in [-0.1, -0.05) is 35.9 Å². The molecule has 0 saturated heterocycles. The fraction of sp³-hybridized carbons (Fsp3) is 0.286. The zero-order chi connectivity index (χ0) is 13.0. The third-order valence-electron chi connectivity index (χ3n) is 2.71. The van der Waals surface area contributed by atoms with Gasteiger partial charge in [0.15, 0.2) is 0 Å². The van der Waals surface area contributed by atoms with Crippen molar-refractivity contribution in [3.63, 3.8) is 0 Å². The summed E-state index contributed by atoms with van der Waals surface area (Å²) in [5.41, 5.74) is 2.35. The van der Waals surface area contributed by atoms with E-state index < -0.39 is 0 Å². The Morgan fingerprint density at radius 3 is 2.44 bits per heavy atom. The van der Waals surface area contributed by atoms with Crippen LogP contribution in [0.4, 0.5) is 0 Å². The van der Waals surface area contributed by atoms with E-state index in [9.17, 15) is 0 Å². The number of thiophene rings is 1. The minimum Gasteiger partial charge on any atom is -0.384 e. The Bertz CT molecular complexity index is 493. The van der Waals surface area contributed by atoms with E-state index in [1.54, 1.807) is 7.11 Å². The van der Waals surface area contributed by atoms with Gasteiger partial charge in [-0.05, 0) is 29.7 Å². The number of rotatable bonds is 5. The molecule has 2 rings (SSSR count). The molecule has 1 unspecified atom stereocenters. The van der Waals surface area contributed by atoms with Gasteiger partial charge in [0.05, 0.1) is 16.3 Å². The van der Waals surface area contributed by atoms with Crippen LogP contribution in [-0.4, -0.2) is 13.7 Å². The highest BCUT2D eigenvalue weighted by Gasteiger charge is 2.12. The second-order valence-electron chi connectivity index (χ2n) is 3.99. The number of methoxy groups -OCH3 is 1. The molecule has 0 aliphatic rings. The molecular formula is C14H14Cl2OS. The predicted molar refractivity (Wildman–Crippen MR) is 79.0 cm³/mol. The number of hydrogen-bond donors (Lipinski definition) is 0. The summed E-state index contributed by atoms with van der Waals surface area (Å²) in [4.78, 5) is 1.08. The van der Waals surface area contributed by atoms with Crippen molar-refractivity contribution in [3.05, 3.63) is 56.7 Å². The van der Waals surface area contributed by atoms with Gasteiger partial charge in [-0.25, -0.2) is 0 Å². The van der Waals surface area contributed by atoms with Gasteiger partial charge in [-0.15, -0.1) is 22.9 Å². The van der Waals surface area contributed by atoms with Crippen molar-refractivity contribution in [2.45, 2.75) is 11.8 Å². The van der Waals surface area contributed by atoms with Gasteiger partial charge >= 0.3 is 0 Å². The van der Waals surface area contributed by atoms with Gasteiger partial charge in [-0.2, -0.15) is 0 Å². The first-order valence-electron chi connectivity index (χ1n) is 5.68. The third-order valence-corrected chi connectivity index (χ3v) is 4.62. The summed E-state index contributed by atoms with van der Waals surface area (Å²) in [6.07, 6.45) is 0.925. The summed E-state index contributed by atoms with van der Waals surface area (Å²) in [5, 5.41) is -0.126. The van der Waals surface area contributed by atoms with Crippen LogP contribution in [0.3, 0.4) is 0 Å². The molecule has 0 N–H and O–H groups in total. The molecule has 0 bridgehead atoms. The molecule has 2 aromatic rings. The molecule has 0 aliphatic heterocycles. The Kier molecular flexibility index (Phi) is 5.07. The second-order valence-corrected chi connectivity index (χ2v) is 6.17. The van der Waals surface area contributed by atoms with Crippen LogP contribution >= 0.6 is 34.5 Å². The SMILES string of the molecule is COCCc1ccc(C(Cl)c2ccc(Cl)s2)cc1. The van der Waals surface area contributed by atoms with Crippen molar-refractivity contribution < 1.29 is 4.74 Å². The topological polar surface area (TPSA) is 9.23 Å². The summed E-state index contributed by atoms with van der Waals surface area (Å²) in [5.74, 6) is 0. The minimum atomic E-state index is -0.126.